The van der Waals surface area contributed by atoms with Gasteiger partial charge in [0.25, 0.3) is 5.91 Å². The predicted molar refractivity (Wildman–Crippen MR) is 106 cm³/mol. The minimum atomic E-state index is -0.0617. The Hall–Kier alpha value is -2.95. The lowest BCUT2D eigenvalue weighted by atomic mass is 10.00. The minimum Gasteiger partial charge on any atom is -0.333 e. The molecule has 0 unspecified atom stereocenters. The predicted octanol–water partition coefficient (Wildman–Crippen LogP) is 4.34. The second-order valence-corrected chi connectivity index (χ2v) is 6.93. The summed E-state index contributed by atoms with van der Waals surface area (Å²) in [4.78, 5) is 19.8. The molecule has 138 valence electrons. The van der Waals surface area contributed by atoms with Crippen LogP contribution in [0.3, 0.4) is 0 Å². The maximum atomic E-state index is 13.2. The largest absolute Gasteiger partial charge is 0.333 e. The molecule has 2 heterocycles. The molecule has 5 nitrogen and oxygen atoms in total. The second kappa shape index (κ2) is 7.74. The third kappa shape index (κ3) is 3.50. The summed E-state index contributed by atoms with van der Waals surface area (Å²) in [7, 11) is 0. The van der Waals surface area contributed by atoms with Crippen LogP contribution in [0.5, 0.6) is 0 Å². The van der Waals surface area contributed by atoms with Gasteiger partial charge in [-0.3, -0.25) is 4.79 Å². The fraction of sp³-hybridized carbons (Fsp3) is 0.318. The number of para-hydroxylation sites is 1. The number of aromatic nitrogens is 3. The van der Waals surface area contributed by atoms with Gasteiger partial charge in [0.1, 0.15) is 0 Å². The van der Waals surface area contributed by atoms with Gasteiger partial charge in [0, 0.05) is 18.2 Å². The normalized spacial score (nSPS) is 17.1. The summed E-state index contributed by atoms with van der Waals surface area (Å²) in [6.07, 6.45) is 4.26. The molecule has 1 saturated heterocycles. The van der Waals surface area contributed by atoms with Crippen LogP contribution >= 0.6 is 0 Å². The topological polar surface area (TPSA) is 51.0 Å². The van der Waals surface area contributed by atoms with Crippen LogP contribution in [0.1, 0.15) is 43.2 Å². The number of nitrogens with zero attached hydrogens (tertiary/aromatic N) is 4. The SMILES string of the molecule is CC[C@H]1CCCCN1C(=O)c1nc(-c2ccccc2)n(-c2ccccc2)n1. The van der Waals surface area contributed by atoms with E-state index in [9.17, 15) is 4.79 Å². The quantitative estimate of drug-likeness (QED) is 0.695. The smallest absolute Gasteiger partial charge is 0.293 e. The number of piperidine rings is 1. The summed E-state index contributed by atoms with van der Waals surface area (Å²) < 4.78 is 1.77. The third-order valence-corrected chi connectivity index (χ3v) is 5.19. The molecule has 2 aromatic carbocycles. The Labute approximate surface area is 159 Å². The summed E-state index contributed by atoms with van der Waals surface area (Å²) >= 11 is 0. The van der Waals surface area contributed by atoms with E-state index in [4.69, 9.17) is 0 Å². The van der Waals surface area contributed by atoms with Crippen molar-refractivity contribution in [1.29, 1.82) is 0 Å². The molecule has 0 bridgehead atoms. The molecule has 0 radical (unpaired) electrons. The minimum absolute atomic E-state index is 0.0617. The molecule has 1 aromatic heterocycles. The van der Waals surface area contributed by atoms with E-state index in [2.05, 4.69) is 17.0 Å². The highest BCUT2D eigenvalue weighted by molar-refractivity contribution is 5.91. The van der Waals surface area contributed by atoms with Crippen molar-refractivity contribution in [3.8, 4) is 17.1 Å². The summed E-state index contributed by atoms with van der Waals surface area (Å²) in [6, 6.07) is 20.0. The van der Waals surface area contributed by atoms with Crippen LogP contribution in [-0.2, 0) is 0 Å². The number of hydrogen-bond donors (Lipinski definition) is 0. The first-order chi connectivity index (χ1) is 13.3. The maximum Gasteiger partial charge on any atom is 0.293 e. The van der Waals surface area contributed by atoms with Crippen molar-refractivity contribution >= 4 is 5.91 Å². The van der Waals surface area contributed by atoms with Crippen LogP contribution in [0, 0.1) is 0 Å². The lowest BCUT2D eigenvalue weighted by molar-refractivity contribution is 0.0595. The van der Waals surface area contributed by atoms with Crippen molar-refractivity contribution in [2.75, 3.05) is 6.54 Å². The number of likely N-dealkylation sites (tertiary alicyclic amines) is 1. The van der Waals surface area contributed by atoms with E-state index in [0.717, 1.165) is 37.1 Å². The van der Waals surface area contributed by atoms with E-state index >= 15 is 0 Å². The Morgan fingerprint density at radius 1 is 1.04 bits per heavy atom. The van der Waals surface area contributed by atoms with Crippen molar-refractivity contribution < 1.29 is 4.79 Å². The number of carbonyl (C=O) groups excluding carboxylic acids is 1. The van der Waals surface area contributed by atoms with Crippen LogP contribution in [0.4, 0.5) is 0 Å². The van der Waals surface area contributed by atoms with E-state index in [1.807, 2.05) is 65.6 Å². The Morgan fingerprint density at radius 3 is 2.44 bits per heavy atom. The molecule has 27 heavy (non-hydrogen) atoms. The molecule has 0 spiro atoms. The number of carbonyl (C=O) groups is 1. The molecular weight excluding hydrogens is 336 g/mol. The zero-order valence-electron chi connectivity index (χ0n) is 15.6. The molecule has 1 aliphatic heterocycles. The molecule has 3 aromatic rings. The number of benzene rings is 2. The zero-order valence-corrected chi connectivity index (χ0v) is 15.6. The van der Waals surface area contributed by atoms with Gasteiger partial charge in [0.05, 0.1) is 5.69 Å². The number of hydrogen-bond acceptors (Lipinski definition) is 3. The molecule has 1 amide bonds. The molecule has 0 N–H and O–H groups in total. The lowest BCUT2D eigenvalue weighted by Crippen LogP contribution is -2.43. The highest BCUT2D eigenvalue weighted by atomic mass is 16.2. The van der Waals surface area contributed by atoms with Crippen molar-refractivity contribution in [2.24, 2.45) is 0 Å². The van der Waals surface area contributed by atoms with E-state index in [1.54, 1.807) is 4.68 Å². The summed E-state index contributed by atoms with van der Waals surface area (Å²) in [5.41, 5.74) is 1.84. The van der Waals surface area contributed by atoms with Crippen molar-refractivity contribution in [2.45, 2.75) is 38.6 Å². The molecule has 0 saturated carbocycles. The van der Waals surface area contributed by atoms with Crippen molar-refractivity contribution in [3.63, 3.8) is 0 Å². The Morgan fingerprint density at radius 2 is 1.74 bits per heavy atom. The Balaban J connectivity index is 1.76. The van der Waals surface area contributed by atoms with Crippen LogP contribution in [-0.4, -0.2) is 38.2 Å². The summed E-state index contributed by atoms with van der Waals surface area (Å²) in [6.45, 7) is 2.93. The Bertz CT molecular complexity index is 848. The summed E-state index contributed by atoms with van der Waals surface area (Å²) in [5.74, 6) is 0.904. The highest BCUT2D eigenvalue weighted by Crippen LogP contribution is 2.24. The van der Waals surface area contributed by atoms with E-state index in [-0.39, 0.29) is 17.8 Å². The van der Waals surface area contributed by atoms with Crippen LogP contribution in [0.15, 0.2) is 60.7 Å². The van der Waals surface area contributed by atoms with Crippen molar-refractivity contribution in [1.82, 2.24) is 19.7 Å². The van der Waals surface area contributed by atoms with Gasteiger partial charge < -0.3 is 4.90 Å². The van der Waals surface area contributed by atoms with Crippen LogP contribution < -0.4 is 0 Å². The molecule has 4 rings (SSSR count). The molecule has 0 aliphatic carbocycles. The standard InChI is InChI=1S/C22H24N4O/c1-2-18-13-9-10-16-25(18)22(27)20-23-21(17-11-5-3-6-12-17)26(24-20)19-14-7-4-8-15-19/h3-8,11-12,14-15,18H,2,9-10,13,16H2,1H3/t18-/m0/s1. The zero-order chi connectivity index (χ0) is 18.6. The van der Waals surface area contributed by atoms with Gasteiger partial charge in [0.15, 0.2) is 5.82 Å². The highest BCUT2D eigenvalue weighted by Gasteiger charge is 2.29. The molecule has 1 atom stereocenters. The fourth-order valence-electron chi connectivity index (χ4n) is 3.75. The van der Waals surface area contributed by atoms with Gasteiger partial charge in [-0.25, -0.2) is 9.67 Å². The van der Waals surface area contributed by atoms with Gasteiger partial charge in [-0.05, 0) is 37.8 Å². The maximum absolute atomic E-state index is 13.2. The lowest BCUT2D eigenvalue weighted by Gasteiger charge is -2.34. The monoisotopic (exact) mass is 360 g/mol. The first-order valence-corrected chi connectivity index (χ1v) is 9.67. The average molecular weight is 360 g/mol. The van der Waals surface area contributed by atoms with E-state index in [1.165, 1.54) is 6.42 Å². The first kappa shape index (κ1) is 17.5. The average Bonchev–Trinajstić information content (AvgIpc) is 3.20. The first-order valence-electron chi connectivity index (χ1n) is 9.67. The molecular formula is C22H24N4O. The van der Waals surface area contributed by atoms with Gasteiger partial charge in [-0.2, -0.15) is 0 Å². The molecule has 1 aliphatic rings. The fourth-order valence-corrected chi connectivity index (χ4v) is 3.75. The van der Waals surface area contributed by atoms with Gasteiger partial charge in [-0.1, -0.05) is 55.5 Å². The molecule has 5 heteroatoms. The van der Waals surface area contributed by atoms with Gasteiger partial charge in [-0.15, -0.1) is 5.10 Å². The van der Waals surface area contributed by atoms with E-state index < -0.39 is 0 Å². The van der Waals surface area contributed by atoms with Crippen molar-refractivity contribution in [3.05, 3.63) is 66.5 Å². The summed E-state index contributed by atoms with van der Waals surface area (Å²) in [5, 5.41) is 4.62. The number of rotatable bonds is 4. The van der Waals surface area contributed by atoms with Crippen LogP contribution in [0.25, 0.3) is 17.1 Å². The van der Waals surface area contributed by atoms with Crippen LogP contribution in [0.2, 0.25) is 0 Å². The molecule has 1 fully saturated rings. The van der Waals surface area contributed by atoms with Gasteiger partial charge >= 0.3 is 0 Å². The number of amides is 1. The third-order valence-electron chi connectivity index (χ3n) is 5.19. The van der Waals surface area contributed by atoms with E-state index in [0.29, 0.717) is 5.82 Å². The Kier molecular flexibility index (Phi) is 5.01. The second-order valence-electron chi connectivity index (χ2n) is 6.93. The van der Waals surface area contributed by atoms with Gasteiger partial charge in [0.2, 0.25) is 5.82 Å².